The molecule has 0 aromatic heterocycles. The minimum atomic E-state index is 0.584. The maximum atomic E-state index is 5.58. The predicted molar refractivity (Wildman–Crippen MR) is 108 cm³/mol. The predicted octanol–water partition coefficient (Wildman–Crippen LogP) is 4.80. The van der Waals surface area contributed by atoms with Crippen LogP contribution in [0.15, 0.2) is 47.5 Å². The van der Waals surface area contributed by atoms with Crippen molar-refractivity contribution in [3.05, 3.63) is 53.6 Å². The number of benzene rings is 2. The van der Waals surface area contributed by atoms with Crippen molar-refractivity contribution < 1.29 is 9.47 Å². The van der Waals surface area contributed by atoms with Crippen molar-refractivity contribution in [2.75, 3.05) is 38.3 Å². The Bertz CT molecular complexity index is 734. The lowest BCUT2D eigenvalue weighted by atomic mass is 9.99. The number of hydrogen-bond acceptors (Lipinski definition) is 4. The third kappa shape index (κ3) is 4.44. The Morgan fingerprint density at radius 2 is 1.88 bits per heavy atom. The summed E-state index contributed by atoms with van der Waals surface area (Å²) in [6.07, 6.45) is 3.02. The summed E-state index contributed by atoms with van der Waals surface area (Å²) in [6, 6.07) is 14.8. The van der Waals surface area contributed by atoms with Crippen molar-refractivity contribution in [3.8, 4) is 5.75 Å². The molecule has 0 amide bonds. The lowest BCUT2D eigenvalue weighted by Gasteiger charge is -2.29. The van der Waals surface area contributed by atoms with Gasteiger partial charge in [0.05, 0.1) is 26.0 Å². The highest BCUT2D eigenvalue weighted by atomic mass is 16.5. The Labute approximate surface area is 156 Å². The molecule has 0 bridgehead atoms. The van der Waals surface area contributed by atoms with Crippen LogP contribution >= 0.6 is 0 Å². The van der Waals surface area contributed by atoms with E-state index >= 15 is 0 Å². The molecule has 1 heterocycles. The Balaban J connectivity index is 1.75. The molecule has 0 spiro atoms. The number of anilines is 1. The molecule has 138 valence electrons. The molecule has 0 aliphatic carbocycles. The highest BCUT2D eigenvalue weighted by molar-refractivity contribution is 5.86. The zero-order chi connectivity index (χ0) is 18.4. The van der Waals surface area contributed by atoms with Crippen molar-refractivity contribution in [1.82, 2.24) is 0 Å². The summed E-state index contributed by atoms with van der Waals surface area (Å²) in [7, 11) is 1.71. The summed E-state index contributed by atoms with van der Waals surface area (Å²) >= 11 is 0. The van der Waals surface area contributed by atoms with Gasteiger partial charge in [-0.1, -0.05) is 26.0 Å². The Kier molecular flexibility index (Phi) is 6.29. The van der Waals surface area contributed by atoms with Gasteiger partial charge in [0.25, 0.3) is 0 Å². The highest BCUT2D eigenvalue weighted by Crippen LogP contribution is 2.26. The van der Waals surface area contributed by atoms with E-state index in [9.17, 15) is 0 Å². The van der Waals surface area contributed by atoms with Crippen LogP contribution in [0.3, 0.4) is 0 Å². The minimum absolute atomic E-state index is 0.584. The van der Waals surface area contributed by atoms with Gasteiger partial charge in [-0.2, -0.15) is 0 Å². The lowest BCUT2D eigenvalue weighted by molar-refractivity contribution is 0.122. The molecular formula is C22H28N2O2. The first-order valence-corrected chi connectivity index (χ1v) is 9.36. The monoisotopic (exact) mass is 352 g/mol. The molecule has 1 saturated heterocycles. The second-order valence-electron chi connectivity index (χ2n) is 6.68. The van der Waals surface area contributed by atoms with Gasteiger partial charge in [0, 0.05) is 36.6 Å². The summed E-state index contributed by atoms with van der Waals surface area (Å²) in [4.78, 5) is 6.93. The quantitative estimate of drug-likeness (QED) is 0.701. The molecule has 2 aromatic carbocycles. The minimum Gasteiger partial charge on any atom is -0.496 e. The molecule has 0 radical (unpaired) electrons. The van der Waals surface area contributed by atoms with Gasteiger partial charge in [-0.05, 0) is 42.2 Å². The highest BCUT2D eigenvalue weighted by Gasteiger charge is 2.13. The maximum absolute atomic E-state index is 5.58. The zero-order valence-corrected chi connectivity index (χ0v) is 15.9. The second kappa shape index (κ2) is 8.86. The van der Waals surface area contributed by atoms with Crippen LogP contribution in [0.1, 0.15) is 37.3 Å². The van der Waals surface area contributed by atoms with E-state index in [0.717, 1.165) is 49.7 Å². The van der Waals surface area contributed by atoms with E-state index in [-0.39, 0.29) is 0 Å². The summed E-state index contributed by atoms with van der Waals surface area (Å²) in [5.74, 6) is 1.43. The molecule has 4 heteroatoms. The van der Waals surface area contributed by atoms with E-state index < -0.39 is 0 Å². The van der Waals surface area contributed by atoms with Crippen LogP contribution in [0.25, 0.3) is 0 Å². The smallest absolute Gasteiger partial charge is 0.129 e. The molecule has 3 rings (SSSR count). The lowest BCUT2D eigenvalue weighted by Crippen LogP contribution is -2.36. The van der Waals surface area contributed by atoms with E-state index in [2.05, 4.69) is 66.2 Å². The first-order chi connectivity index (χ1) is 12.7. The van der Waals surface area contributed by atoms with E-state index in [4.69, 9.17) is 9.47 Å². The van der Waals surface area contributed by atoms with Crippen LogP contribution in [-0.4, -0.2) is 39.6 Å². The van der Waals surface area contributed by atoms with Crippen LogP contribution in [0.4, 0.5) is 11.4 Å². The maximum Gasteiger partial charge on any atom is 0.129 e. The summed E-state index contributed by atoms with van der Waals surface area (Å²) in [5, 5.41) is 0. The molecule has 4 nitrogen and oxygen atoms in total. The average Bonchev–Trinajstić information content (AvgIpc) is 2.72. The number of nitrogens with zero attached hydrogens (tertiary/aromatic N) is 2. The van der Waals surface area contributed by atoms with Crippen LogP contribution in [0.5, 0.6) is 5.75 Å². The van der Waals surface area contributed by atoms with Gasteiger partial charge in [0.2, 0.25) is 0 Å². The summed E-state index contributed by atoms with van der Waals surface area (Å²) in [5.41, 5.74) is 4.46. The molecule has 1 aliphatic heterocycles. The first kappa shape index (κ1) is 18.5. The largest absolute Gasteiger partial charge is 0.496 e. The molecule has 1 aliphatic rings. The van der Waals surface area contributed by atoms with Crippen molar-refractivity contribution >= 4 is 17.6 Å². The fraction of sp³-hybridized carbons (Fsp3) is 0.409. The molecule has 0 unspecified atom stereocenters. The fourth-order valence-electron chi connectivity index (χ4n) is 3.09. The normalized spacial score (nSPS) is 16.0. The van der Waals surface area contributed by atoms with Gasteiger partial charge in [0.15, 0.2) is 0 Å². The molecular weight excluding hydrogens is 324 g/mol. The summed E-state index contributed by atoms with van der Waals surface area (Å²) in [6.45, 7) is 7.84. The van der Waals surface area contributed by atoms with Crippen LogP contribution in [-0.2, 0) is 4.74 Å². The Morgan fingerprint density at radius 3 is 2.54 bits per heavy atom. The van der Waals surface area contributed by atoms with E-state index in [1.807, 2.05) is 6.21 Å². The number of morpholine rings is 1. The number of ether oxygens (including phenoxy) is 2. The van der Waals surface area contributed by atoms with E-state index in [1.54, 1.807) is 7.11 Å². The summed E-state index contributed by atoms with van der Waals surface area (Å²) < 4.78 is 11.0. The molecule has 0 saturated carbocycles. The first-order valence-electron chi connectivity index (χ1n) is 9.36. The number of methoxy groups -OCH3 is 1. The van der Waals surface area contributed by atoms with Gasteiger partial charge in [0.1, 0.15) is 5.75 Å². The van der Waals surface area contributed by atoms with Crippen molar-refractivity contribution in [2.45, 2.75) is 26.2 Å². The molecule has 26 heavy (non-hydrogen) atoms. The Morgan fingerprint density at radius 1 is 1.15 bits per heavy atom. The fourth-order valence-corrected chi connectivity index (χ4v) is 3.09. The van der Waals surface area contributed by atoms with Crippen LogP contribution in [0, 0.1) is 0 Å². The van der Waals surface area contributed by atoms with Gasteiger partial charge in [-0.15, -0.1) is 0 Å². The van der Waals surface area contributed by atoms with Crippen molar-refractivity contribution in [2.24, 2.45) is 4.99 Å². The van der Waals surface area contributed by atoms with Crippen molar-refractivity contribution in [3.63, 3.8) is 0 Å². The molecule has 1 fully saturated rings. The van der Waals surface area contributed by atoms with E-state index in [1.165, 1.54) is 11.3 Å². The average molecular weight is 352 g/mol. The van der Waals surface area contributed by atoms with Crippen LogP contribution < -0.4 is 9.64 Å². The zero-order valence-electron chi connectivity index (χ0n) is 15.9. The molecule has 2 aromatic rings. The van der Waals surface area contributed by atoms with Gasteiger partial charge < -0.3 is 14.4 Å². The van der Waals surface area contributed by atoms with Crippen LogP contribution in [0.2, 0.25) is 0 Å². The topological polar surface area (TPSA) is 34.1 Å². The number of rotatable bonds is 6. The third-order valence-electron chi connectivity index (χ3n) is 5.02. The van der Waals surface area contributed by atoms with Gasteiger partial charge in [-0.25, -0.2) is 0 Å². The Hall–Kier alpha value is -2.33. The van der Waals surface area contributed by atoms with Crippen molar-refractivity contribution in [1.29, 1.82) is 0 Å². The second-order valence-corrected chi connectivity index (χ2v) is 6.68. The molecule has 1 atom stereocenters. The SMILES string of the molecule is CC[C@H](C)c1ccc(N=Cc2ccc(N3CCOCC3)cc2OC)cc1. The molecule has 0 N–H and O–H groups in total. The number of aliphatic imine (C=N–C) groups is 1. The standard InChI is InChI=1S/C22H28N2O2/c1-4-17(2)18-5-8-20(9-6-18)23-16-19-7-10-21(15-22(19)25-3)24-11-13-26-14-12-24/h5-10,15-17H,4,11-14H2,1-3H3/t17-/m0/s1. The van der Waals surface area contributed by atoms with E-state index in [0.29, 0.717) is 5.92 Å². The van der Waals surface area contributed by atoms with Gasteiger partial charge >= 0.3 is 0 Å². The van der Waals surface area contributed by atoms with Gasteiger partial charge in [-0.3, -0.25) is 4.99 Å². The number of hydrogen-bond donors (Lipinski definition) is 0. The third-order valence-corrected chi connectivity index (χ3v) is 5.02.